The van der Waals surface area contributed by atoms with Crippen LogP contribution in [-0.4, -0.2) is 28.9 Å². The van der Waals surface area contributed by atoms with Crippen LogP contribution in [0.25, 0.3) is 10.8 Å². The number of fused-ring (bicyclic) bond motifs is 1. The molecule has 0 aromatic heterocycles. The molecule has 0 radical (unpaired) electrons. The lowest BCUT2D eigenvalue weighted by Crippen LogP contribution is -2.52. The average Bonchev–Trinajstić information content (AvgIpc) is 2.82. The van der Waals surface area contributed by atoms with Crippen molar-refractivity contribution >= 4 is 16.7 Å². The Morgan fingerprint density at radius 3 is 2.19 bits per heavy atom. The predicted octanol–water partition coefficient (Wildman–Crippen LogP) is 7.24. The maximum Gasteiger partial charge on any atom is 0.420 e. The lowest BCUT2D eigenvalue weighted by molar-refractivity contribution is -0.185. The number of halogens is 6. The molecule has 0 atom stereocenters. The van der Waals surface area contributed by atoms with Crippen LogP contribution in [0, 0.1) is 5.92 Å². The summed E-state index contributed by atoms with van der Waals surface area (Å²) < 4.78 is 87.1. The van der Waals surface area contributed by atoms with Crippen LogP contribution >= 0.6 is 0 Å². The summed E-state index contributed by atoms with van der Waals surface area (Å²) in [5.74, 6) is -2.82. The topological polar surface area (TPSA) is 58.6 Å². The van der Waals surface area contributed by atoms with Crippen molar-refractivity contribution in [2.75, 3.05) is 0 Å². The number of ether oxygens (including phenoxy) is 1. The van der Waals surface area contributed by atoms with Gasteiger partial charge in [-0.2, -0.15) is 26.3 Å². The summed E-state index contributed by atoms with van der Waals surface area (Å²) in [4.78, 5) is 12.0. The van der Waals surface area contributed by atoms with E-state index in [0.29, 0.717) is 23.8 Å². The Hall–Kier alpha value is -2.49. The minimum atomic E-state index is -4.75. The zero-order valence-electron chi connectivity index (χ0n) is 19.6. The highest BCUT2D eigenvalue weighted by atomic mass is 19.4. The third-order valence-corrected chi connectivity index (χ3v) is 7.56. The van der Waals surface area contributed by atoms with Crippen LogP contribution in [0.4, 0.5) is 26.3 Å². The Bertz CT molecular complexity index is 1080. The Morgan fingerprint density at radius 2 is 1.61 bits per heavy atom. The fourth-order valence-corrected chi connectivity index (χ4v) is 5.52. The molecule has 0 saturated heterocycles. The zero-order valence-corrected chi connectivity index (χ0v) is 19.6. The van der Waals surface area contributed by atoms with Gasteiger partial charge >= 0.3 is 18.3 Å². The summed E-state index contributed by atoms with van der Waals surface area (Å²) in [5, 5.41) is 13.1. The van der Waals surface area contributed by atoms with Gasteiger partial charge in [0.2, 0.25) is 0 Å². The van der Waals surface area contributed by atoms with Crippen LogP contribution in [0.5, 0.6) is 5.75 Å². The van der Waals surface area contributed by atoms with Gasteiger partial charge in [-0.15, -0.1) is 0 Å². The number of carboxylic acid groups (broad SMARTS) is 1. The first kappa shape index (κ1) is 26.6. The molecule has 0 amide bonds. The Kier molecular flexibility index (Phi) is 7.46. The van der Waals surface area contributed by atoms with Crippen molar-refractivity contribution in [3.05, 3.63) is 41.5 Å². The highest BCUT2D eigenvalue weighted by Gasteiger charge is 2.43. The summed E-state index contributed by atoms with van der Waals surface area (Å²) in [6, 6.07) is 7.21. The molecule has 36 heavy (non-hydrogen) atoms. The van der Waals surface area contributed by atoms with Crippen LogP contribution < -0.4 is 10.1 Å². The third-order valence-electron chi connectivity index (χ3n) is 7.56. The van der Waals surface area contributed by atoms with Crippen molar-refractivity contribution in [3.8, 4) is 5.75 Å². The predicted molar refractivity (Wildman–Crippen MR) is 122 cm³/mol. The minimum absolute atomic E-state index is 0.0285. The number of carbonyl (C=O) groups is 1. The highest BCUT2D eigenvalue weighted by Crippen LogP contribution is 2.44. The number of carboxylic acids is 1. The van der Waals surface area contributed by atoms with Crippen LogP contribution in [-0.2, 0) is 17.5 Å². The van der Waals surface area contributed by atoms with Gasteiger partial charge in [0.15, 0.2) is 0 Å². The second kappa shape index (κ2) is 10.1. The smallest absolute Gasteiger partial charge is 0.420 e. The fourth-order valence-electron chi connectivity index (χ4n) is 5.52. The third kappa shape index (κ3) is 5.58. The molecule has 4 rings (SSSR count). The van der Waals surface area contributed by atoms with Gasteiger partial charge in [-0.3, -0.25) is 10.1 Å². The summed E-state index contributed by atoms with van der Waals surface area (Å²) >= 11 is 0. The number of nitrogens with one attached hydrogen (secondary N) is 1. The molecular weight excluding hydrogens is 488 g/mol. The number of hydrogen-bond acceptors (Lipinski definition) is 3. The molecule has 2 saturated carbocycles. The molecule has 10 heteroatoms. The van der Waals surface area contributed by atoms with Gasteiger partial charge in [0.25, 0.3) is 0 Å². The van der Waals surface area contributed by atoms with E-state index in [1.807, 2.05) is 0 Å². The first-order valence-corrected chi connectivity index (χ1v) is 12.2. The lowest BCUT2D eigenvalue weighted by atomic mass is 9.81. The first-order valence-electron chi connectivity index (χ1n) is 12.2. The van der Waals surface area contributed by atoms with E-state index in [-0.39, 0.29) is 37.6 Å². The zero-order chi connectivity index (χ0) is 26.1. The van der Waals surface area contributed by atoms with Crippen LogP contribution in [0.15, 0.2) is 30.3 Å². The van der Waals surface area contributed by atoms with Gasteiger partial charge in [0.05, 0.1) is 12.0 Å². The molecule has 0 heterocycles. The standard InChI is InChI=1S/C26H29F6NO3/c27-25(28,29)17-7-9-18(10-8-17)36-21-12-11-19-16(5-4-6-20(19)22(21)26(30,31)32)15-33-24(23(34)35)13-2-1-3-14-24/h4-6,11-12,17-18,33H,1-3,7-10,13-15H2,(H,34,35)/t17-,18+. The summed E-state index contributed by atoms with van der Waals surface area (Å²) in [5.41, 5.74) is -1.54. The van der Waals surface area contributed by atoms with Crippen molar-refractivity contribution in [2.24, 2.45) is 5.92 Å². The minimum Gasteiger partial charge on any atom is -0.490 e. The van der Waals surface area contributed by atoms with Gasteiger partial charge in [0, 0.05) is 6.54 Å². The number of rotatable bonds is 6. The van der Waals surface area contributed by atoms with Crippen molar-refractivity contribution in [1.82, 2.24) is 5.32 Å². The second-order valence-electron chi connectivity index (χ2n) is 9.88. The molecule has 0 bridgehead atoms. The van der Waals surface area contributed by atoms with Crippen LogP contribution in [0.3, 0.4) is 0 Å². The SMILES string of the molecule is O=C(O)C1(NCc2cccc3c(C(F)(F)F)c(O[C@H]4CC[C@@H](C(F)(F)F)CC4)ccc23)CCCCC1. The number of aliphatic carboxylic acids is 1. The molecule has 2 aliphatic rings. The quantitative estimate of drug-likeness (QED) is 0.397. The van der Waals surface area contributed by atoms with E-state index in [1.165, 1.54) is 24.3 Å². The number of benzene rings is 2. The molecular formula is C26H29F6NO3. The first-order chi connectivity index (χ1) is 16.9. The molecule has 2 fully saturated rings. The van der Waals surface area contributed by atoms with E-state index >= 15 is 0 Å². The maximum absolute atomic E-state index is 14.2. The largest absolute Gasteiger partial charge is 0.490 e. The summed E-state index contributed by atoms with van der Waals surface area (Å²) in [6.45, 7) is 0.0859. The van der Waals surface area contributed by atoms with E-state index in [2.05, 4.69) is 5.32 Å². The summed E-state index contributed by atoms with van der Waals surface area (Å²) in [6.07, 6.45) is -6.71. The Balaban J connectivity index is 1.60. The van der Waals surface area contributed by atoms with E-state index in [4.69, 9.17) is 4.74 Å². The molecule has 2 aromatic rings. The van der Waals surface area contributed by atoms with Gasteiger partial charge in [-0.25, -0.2) is 0 Å². The number of alkyl halides is 6. The maximum atomic E-state index is 14.2. The lowest BCUT2D eigenvalue weighted by Gasteiger charge is -2.34. The van der Waals surface area contributed by atoms with E-state index < -0.39 is 47.2 Å². The van der Waals surface area contributed by atoms with Crippen molar-refractivity contribution in [1.29, 1.82) is 0 Å². The Morgan fingerprint density at radius 1 is 0.944 bits per heavy atom. The van der Waals surface area contributed by atoms with Crippen LogP contribution in [0.1, 0.15) is 68.9 Å². The molecule has 0 aliphatic heterocycles. The average molecular weight is 518 g/mol. The van der Waals surface area contributed by atoms with Gasteiger partial charge in [0.1, 0.15) is 16.9 Å². The molecule has 2 aliphatic carbocycles. The van der Waals surface area contributed by atoms with Crippen molar-refractivity contribution in [2.45, 2.75) is 88.3 Å². The molecule has 0 spiro atoms. The van der Waals surface area contributed by atoms with E-state index in [1.54, 1.807) is 6.07 Å². The molecule has 2 N–H and O–H groups in total. The molecule has 0 unspecified atom stereocenters. The molecule has 4 nitrogen and oxygen atoms in total. The van der Waals surface area contributed by atoms with Crippen LogP contribution in [0.2, 0.25) is 0 Å². The second-order valence-corrected chi connectivity index (χ2v) is 9.88. The monoisotopic (exact) mass is 517 g/mol. The number of hydrogen-bond donors (Lipinski definition) is 2. The van der Waals surface area contributed by atoms with E-state index in [0.717, 1.165) is 19.3 Å². The van der Waals surface area contributed by atoms with Gasteiger partial charge < -0.3 is 9.84 Å². The summed E-state index contributed by atoms with van der Waals surface area (Å²) in [7, 11) is 0. The van der Waals surface area contributed by atoms with Crippen molar-refractivity contribution in [3.63, 3.8) is 0 Å². The fraction of sp³-hybridized carbons (Fsp3) is 0.577. The normalized spacial score (nSPS) is 22.9. The van der Waals surface area contributed by atoms with Gasteiger partial charge in [-0.1, -0.05) is 43.5 Å². The highest BCUT2D eigenvalue weighted by molar-refractivity contribution is 5.91. The molecule has 2 aromatic carbocycles. The van der Waals surface area contributed by atoms with Gasteiger partial charge in [-0.05, 0) is 60.9 Å². The molecule has 198 valence electrons. The van der Waals surface area contributed by atoms with E-state index in [9.17, 15) is 36.2 Å². The van der Waals surface area contributed by atoms with Crippen molar-refractivity contribution < 1.29 is 41.0 Å². The Labute approximate surface area is 205 Å².